The molecule has 8 heteroatoms. The lowest BCUT2D eigenvalue weighted by molar-refractivity contribution is 0.104. The lowest BCUT2D eigenvalue weighted by atomic mass is 9.74. The van der Waals surface area contributed by atoms with Gasteiger partial charge in [0.05, 0.1) is 19.9 Å². The number of aromatic nitrogens is 1. The second kappa shape index (κ2) is 10.6. The van der Waals surface area contributed by atoms with Crippen molar-refractivity contribution in [2.75, 3.05) is 0 Å². The third-order valence-electron chi connectivity index (χ3n) is 8.21. The molecule has 0 saturated carbocycles. The fourth-order valence-corrected chi connectivity index (χ4v) is 9.28. The second-order valence-corrected chi connectivity index (χ2v) is 25.5. The van der Waals surface area contributed by atoms with Gasteiger partial charge in [0.2, 0.25) is 0 Å². The van der Waals surface area contributed by atoms with Gasteiger partial charge in [0, 0.05) is 25.6 Å². The lowest BCUT2D eigenvalue weighted by Gasteiger charge is -2.44. The van der Waals surface area contributed by atoms with Crippen molar-refractivity contribution in [2.45, 2.75) is 117 Å². The molecule has 3 rings (SSSR count). The lowest BCUT2D eigenvalue weighted by Crippen LogP contribution is -2.44. The first kappa shape index (κ1) is 31.8. The number of nitrogens with zero attached hydrogens (tertiary/aromatic N) is 1. The maximum absolute atomic E-state index is 15.2. The molecule has 212 valence electrons. The zero-order valence-corrected chi connectivity index (χ0v) is 29.4. The van der Waals surface area contributed by atoms with E-state index in [2.05, 4.69) is 70.3 Å². The molecule has 2 aromatic rings. The van der Waals surface area contributed by atoms with Crippen molar-refractivity contribution in [3.63, 3.8) is 0 Å². The first-order chi connectivity index (χ1) is 17.1. The minimum Gasteiger partial charge on any atom is -0.410 e. The standard InChI is InChI=1S/C30H46F2INO2Si2/c1-17(2)26-24(27(35)18-13-19(31)28(20(32)14-18)37(8,9)10)25(33)23-21(34-26)15-30(6,7)16-22(23)36-38(11,12)29(3,4)5/h13-14,17,22,27,35H,15-16H2,1-12H3/t22-,27?/m1/s1. The van der Waals surface area contributed by atoms with Crippen LogP contribution in [0.5, 0.6) is 0 Å². The first-order valence-corrected chi connectivity index (χ1v) is 21.1. The quantitative estimate of drug-likeness (QED) is 0.246. The number of rotatable bonds is 6. The predicted molar refractivity (Wildman–Crippen MR) is 168 cm³/mol. The molecule has 1 aliphatic carbocycles. The summed E-state index contributed by atoms with van der Waals surface area (Å²) in [7, 11) is -4.36. The zero-order chi connectivity index (χ0) is 29.2. The van der Waals surface area contributed by atoms with Gasteiger partial charge in [0.15, 0.2) is 8.32 Å². The highest BCUT2D eigenvalue weighted by atomic mass is 127. The molecule has 0 saturated heterocycles. The highest BCUT2D eigenvalue weighted by Gasteiger charge is 2.44. The molecule has 1 aromatic heterocycles. The summed E-state index contributed by atoms with van der Waals surface area (Å²) in [5.74, 6) is -1.13. The van der Waals surface area contributed by atoms with Crippen molar-refractivity contribution in [3.8, 4) is 0 Å². The molecular weight excluding hydrogens is 627 g/mol. The Kier molecular flexibility index (Phi) is 8.89. The summed E-state index contributed by atoms with van der Waals surface area (Å²) in [6.07, 6.45) is 0.332. The van der Waals surface area contributed by atoms with Crippen LogP contribution in [0.3, 0.4) is 0 Å². The normalized spacial score (nSPS) is 19.0. The summed E-state index contributed by atoms with van der Waals surface area (Å²) in [5, 5.41) is 11.9. The fourth-order valence-electron chi connectivity index (χ4n) is 5.21. The maximum Gasteiger partial charge on any atom is 0.192 e. The van der Waals surface area contributed by atoms with Gasteiger partial charge in [-0.05, 0) is 82.6 Å². The molecule has 1 aromatic carbocycles. The van der Waals surface area contributed by atoms with Crippen molar-refractivity contribution in [3.05, 3.63) is 55.4 Å². The number of aliphatic hydroxyl groups excluding tert-OH is 1. The number of aliphatic hydroxyl groups is 1. The largest absolute Gasteiger partial charge is 0.410 e. The van der Waals surface area contributed by atoms with E-state index in [1.165, 1.54) is 12.1 Å². The number of halogens is 3. The van der Waals surface area contributed by atoms with Crippen LogP contribution in [0, 0.1) is 20.6 Å². The van der Waals surface area contributed by atoms with Crippen LogP contribution in [0.1, 0.15) is 101 Å². The molecule has 2 atom stereocenters. The van der Waals surface area contributed by atoms with E-state index in [1.54, 1.807) is 0 Å². The predicted octanol–water partition coefficient (Wildman–Crippen LogP) is 8.75. The van der Waals surface area contributed by atoms with Gasteiger partial charge in [0.25, 0.3) is 0 Å². The summed E-state index contributed by atoms with van der Waals surface area (Å²) < 4.78 is 38.3. The van der Waals surface area contributed by atoms with Crippen LogP contribution in [-0.2, 0) is 10.8 Å². The van der Waals surface area contributed by atoms with Gasteiger partial charge in [0.1, 0.15) is 17.7 Å². The summed E-state index contributed by atoms with van der Waals surface area (Å²) in [6, 6.07) is 2.63. The Morgan fingerprint density at radius 3 is 2.05 bits per heavy atom. The molecule has 38 heavy (non-hydrogen) atoms. The maximum atomic E-state index is 15.2. The molecule has 0 fully saturated rings. The zero-order valence-electron chi connectivity index (χ0n) is 25.2. The Balaban J connectivity index is 2.25. The van der Waals surface area contributed by atoms with Gasteiger partial charge in [-0.3, -0.25) is 4.98 Å². The van der Waals surface area contributed by atoms with E-state index in [9.17, 15) is 5.11 Å². The minimum absolute atomic E-state index is 0.0173. The van der Waals surface area contributed by atoms with Gasteiger partial charge in [-0.15, -0.1) is 0 Å². The van der Waals surface area contributed by atoms with Crippen molar-refractivity contribution in [1.29, 1.82) is 0 Å². The van der Waals surface area contributed by atoms with Crippen LogP contribution in [0.25, 0.3) is 0 Å². The topological polar surface area (TPSA) is 42.4 Å². The Morgan fingerprint density at radius 1 is 1.08 bits per heavy atom. The number of hydrogen-bond acceptors (Lipinski definition) is 3. The Labute approximate surface area is 244 Å². The average molecular weight is 674 g/mol. The van der Waals surface area contributed by atoms with Gasteiger partial charge in [-0.25, -0.2) is 8.78 Å². The van der Waals surface area contributed by atoms with Gasteiger partial charge in [-0.2, -0.15) is 0 Å². The molecule has 0 spiro atoms. The second-order valence-electron chi connectivity index (χ2n) is 14.7. The highest BCUT2D eigenvalue weighted by molar-refractivity contribution is 14.1. The number of pyridine rings is 1. The third kappa shape index (κ3) is 6.29. The molecule has 0 radical (unpaired) electrons. The third-order valence-corrected chi connectivity index (χ3v) is 15.8. The molecule has 0 aliphatic heterocycles. The monoisotopic (exact) mass is 673 g/mol. The Hall–Kier alpha value is -0.686. The van der Waals surface area contributed by atoms with E-state index >= 15 is 8.78 Å². The van der Waals surface area contributed by atoms with Crippen LogP contribution in [0.2, 0.25) is 37.8 Å². The van der Waals surface area contributed by atoms with Crippen LogP contribution in [0.4, 0.5) is 8.78 Å². The van der Waals surface area contributed by atoms with Crippen LogP contribution in [0.15, 0.2) is 12.1 Å². The summed E-state index contributed by atoms with van der Waals surface area (Å²) in [4.78, 5) is 5.15. The molecule has 1 N–H and O–H groups in total. The van der Waals surface area contributed by atoms with E-state index in [4.69, 9.17) is 9.41 Å². The summed E-state index contributed by atoms with van der Waals surface area (Å²) >= 11 is 2.32. The van der Waals surface area contributed by atoms with E-state index in [0.29, 0.717) is 5.56 Å². The number of fused-ring (bicyclic) bond motifs is 1. The van der Waals surface area contributed by atoms with E-state index in [-0.39, 0.29) is 33.2 Å². The molecular formula is C30H46F2INO2Si2. The minimum atomic E-state index is -2.24. The van der Waals surface area contributed by atoms with Crippen molar-refractivity contribution < 1.29 is 18.3 Å². The Morgan fingerprint density at radius 2 is 1.61 bits per heavy atom. The Bertz CT molecular complexity index is 1190. The molecule has 1 aliphatic rings. The molecule has 0 amide bonds. The fraction of sp³-hybridized carbons (Fsp3) is 0.633. The summed E-state index contributed by atoms with van der Waals surface area (Å²) in [6.45, 7) is 25.6. The smallest absolute Gasteiger partial charge is 0.192 e. The number of benzene rings is 1. The average Bonchev–Trinajstić information content (AvgIpc) is 2.68. The van der Waals surface area contributed by atoms with E-state index < -0.39 is 34.1 Å². The van der Waals surface area contributed by atoms with Gasteiger partial charge in [-0.1, -0.05) is 68.1 Å². The van der Waals surface area contributed by atoms with Crippen LogP contribution >= 0.6 is 22.6 Å². The SMILES string of the molecule is CC(C)c1nc2c(c(I)c1C(O)c1cc(F)c([Si](C)(C)C)c(F)c1)[C@H](O[Si](C)(C)C(C)(C)C)CC(C)(C)C2. The molecule has 3 nitrogen and oxygen atoms in total. The van der Waals surface area contributed by atoms with Crippen molar-refractivity contribution in [1.82, 2.24) is 4.98 Å². The number of hydrogen-bond donors (Lipinski definition) is 1. The highest BCUT2D eigenvalue weighted by Crippen LogP contribution is 2.50. The van der Waals surface area contributed by atoms with Gasteiger partial charge < -0.3 is 9.53 Å². The van der Waals surface area contributed by atoms with E-state index in [1.807, 2.05) is 33.5 Å². The molecule has 0 bridgehead atoms. The summed E-state index contributed by atoms with van der Waals surface area (Å²) in [5.41, 5.74) is 3.71. The van der Waals surface area contributed by atoms with Crippen LogP contribution in [-0.4, -0.2) is 26.5 Å². The van der Waals surface area contributed by atoms with Gasteiger partial charge >= 0.3 is 0 Å². The molecule has 1 heterocycles. The van der Waals surface area contributed by atoms with Crippen molar-refractivity contribution >= 4 is 44.2 Å². The van der Waals surface area contributed by atoms with Crippen LogP contribution < -0.4 is 5.19 Å². The van der Waals surface area contributed by atoms with Crippen molar-refractivity contribution in [2.24, 2.45) is 5.41 Å². The van der Waals surface area contributed by atoms with E-state index in [0.717, 1.165) is 33.4 Å². The first-order valence-electron chi connectivity index (χ1n) is 13.6. The molecule has 1 unspecified atom stereocenters.